The number of carbonyl (C=O) groups excluding carboxylic acids is 1. The number of nitrogens with zero attached hydrogens (tertiary/aromatic N) is 2. The molecule has 2 heterocycles. The summed E-state index contributed by atoms with van der Waals surface area (Å²) in [4.78, 5) is 15.3. The van der Waals surface area contributed by atoms with E-state index in [9.17, 15) is 4.79 Å². The van der Waals surface area contributed by atoms with E-state index in [1.165, 1.54) is 0 Å². The molecule has 0 spiro atoms. The van der Waals surface area contributed by atoms with Crippen LogP contribution >= 0.6 is 15.9 Å². The number of Topliss-reactive ketones (excluding diaryl/α,β-unsaturated/α-hetero) is 1. The summed E-state index contributed by atoms with van der Waals surface area (Å²) in [6.45, 7) is 1.57. The van der Waals surface area contributed by atoms with E-state index >= 15 is 0 Å². The third kappa shape index (κ3) is 1.70. The lowest BCUT2D eigenvalue weighted by atomic mass is 10.2. The smallest absolute Gasteiger partial charge is 0.151 e. The van der Waals surface area contributed by atoms with Gasteiger partial charge in [0.05, 0.1) is 10.2 Å². The molecule has 0 atom stereocenters. The number of ketones is 1. The van der Waals surface area contributed by atoms with E-state index in [0.29, 0.717) is 6.42 Å². The Morgan fingerprint density at radius 3 is 3.07 bits per heavy atom. The van der Waals surface area contributed by atoms with Gasteiger partial charge in [-0.05, 0) is 35.0 Å². The summed E-state index contributed by atoms with van der Waals surface area (Å²) in [6.07, 6.45) is 4.19. The van der Waals surface area contributed by atoms with Crippen LogP contribution in [0, 0.1) is 0 Å². The molecule has 2 aromatic heterocycles. The van der Waals surface area contributed by atoms with E-state index in [2.05, 4.69) is 20.9 Å². The average molecular weight is 253 g/mol. The first-order chi connectivity index (χ1) is 6.66. The number of pyridine rings is 1. The van der Waals surface area contributed by atoms with E-state index in [1.807, 2.05) is 28.9 Å². The Morgan fingerprint density at radius 1 is 1.64 bits per heavy atom. The molecule has 0 radical (unpaired) electrons. The third-order valence-electron chi connectivity index (χ3n) is 1.92. The number of fused-ring (bicyclic) bond motifs is 1. The van der Waals surface area contributed by atoms with Crippen molar-refractivity contribution < 1.29 is 4.79 Å². The van der Waals surface area contributed by atoms with Gasteiger partial charge in [-0.25, -0.2) is 4.98 Å². The molecule has 2 aromatic rings. The number of hydrogen-bond acceptors (Lipinski definition) is 2. The third-order valence-corrected chi connectivity index (χ3v) is 2.53. The van der Waals surface area contributed by atoms with Crippen molar-refractivity contribution in [2.45, 2.75) is 13.3 Å². The van der Waals surface area contributed by atoms with Crippen molar-refractivity contribution in [1.82, 2.24) is 9.38 Å². The van der Waals surface area contributed by atoms with Crippen LogP contribution in [0.25, 0.3) is 5.65 Å². The van der Waals surface area contributed by atoms with Gasteiger partial charge in [0.25, 0.3) is 0 Å². The van der Waals surface area contributed by atoms with Crippen LogP contribution in [0.3, 0.4) is 0 Å². The normalized spacial score (nSPS) is 10.7. The van der Waals surface area contributed by atoms with Crippen LogP contribution in [-0.2, 0) is 11.2 Å². The van der Waals surface area contributed by atoms with Crippen molar-refractivity contribution in [1.29, 1.82) is 0 Å². The molecule has 2 rings (SSSR count). The van der Waals surface area contributed by atoms with Crippen molar-refractivity contribution in [2.75, 3.05) is 0 Å². The molecule has 0 amide bonds. The Hall–Kier alpha value is -1.16. The van der Waals surface area contributed by atoms with Gasteiger partial charge in [0.15, 0.2) is 5.65 Å². The molecule has 0 bridgehead atoms. The zero-order valence-electron chi connectivity index (χ0n) is 7.70. The van der Waals surface area contributed by atoms with Gasteiger partial charge in [-0.3, -0.25) is 4.79 Å². The fraction of sp³-hybridized carbons (Fsp3) is 0.200. The molecule has 72 valence electrons. The van der Waals surface area contributed by atoms with Crippen molar-refractivity contribution in [2.24, 2.45) is 0 Å². The minimum atomic E-state index is 0.129. The molecule has 14 heavy (non-hydrogen) atoms. The van der Waals surface area contributed by atoms with Crippen LogP contribution in [0.5, 0.6) is 0 Å². The number of hydrogen-bond donors (Lipinski definition) is 0. The molecule has 0 saturated heterocycles. The van der Waals surface area contributed by atoms with Crippen LogP contribution in [0.2, 0.25) is 0 Å². The molecule has 0 aliphatic rings. The molecule has 4 heteroatoms. The van der Waals surface area contributed by atoms with Gasteiger partial charge in [-0.15, -0.1) is 0 Å². The summed E-state index contributed by atoms with van der Waals surface area (Å²) < 4.78 is 2.84. The molecule has 0 aliphatic heterocycles. The molecule has 0 unspecified atom stereocenters. The Balaban J connectivity index is 2.51. The van der Waals surface area contributed by atoms with E-state index < -0.39 is 0 Å². The second kappa shape index (κ2) is 3.53. The molecular formula is C10H9BrN2O. The van der Waals surface area contributed by atoms with Crippen LogP contribution in [-0.4, -0.2) is 15.2 Å². The maximum Gasteiger partial charge on any atom is 0.151 e. The number of carbonyl (C=O) groups is 1. The molecular weight excluding hydrogens is 244 g/mol. The molecule has 0 saturated carbocycles. The van der Waals surface area contributed by atoms with Gasteiger partial charge in [-0.1, -0.05) is 0 Å². The Morgan fingerprint density at radius 2 is 2.43 bits per heavy atom. The summed E-state index contributed by atoms with van der Waals surface area (Å²) in [5.41, 5.74) is 1.66. The second-order valence-electron chi connectivity index (χ2n) is 3.20. The standard InChI is InChI=1S/C10H9BrN2O/c1-7(14)5-8-6-13-4-2-3-9(11)10(13)12-8/h2-4,6H,5H2,1H3. The van der Waals surface area contributed by atoms with E-state index in [1.54, 1.807) is 6.92 Å². The lowest BCUT2D eigenvalue weighted by Crippen LogP contribution is -1.95. The van der Waals surface area contributed by atoms with Crippen molar-refractivity contribution >= 4 is 27.4 Å². The number of imidazole rings is 1. The fourth-order valence-corrected chi connectivity index (χ4v) is 1.82. The van der Waals surface area contributed by atoms with Crippen LogP contribution in [0.1, 0.15) is 12.6 Å². The summed E-state index contributed by atoms with van der Waals surface area (Å²) in [7, 11) is 0. The first kappa shape index (κ1) is 9.40. The highest BCUT2D eigenvalue weighted by molar-refractivity contribution is 9.10. The SMILES string of the molecule is CC(=O)Cc1cn2cccc(Br)c2n1. The minimum absolute atomic E-state index is 0.129. The number of halogens is 1. The van der Waals surface area contributed by atoms with Gasteiger partial charge < -0.3 is 4.40 Å². The molecule has 0 aliphatic carbocycles. The summed E-state index contributed by atoms with van der Waals surface area (Å²) in [6, 6.07) is 3.86. The molecule has 0 fully saturated rings. The molecule has 3 nitrogen and oxygen atoms in total. The Labute approximate surface area is 89.9 Å². The predicted octanol–water partition coefficient (Wildman–Crippen LogP) is 2.23. The maximum atomic E-state index is 10.9. The quantitative estimate of drug-likeness (QED) is 0.822. The zero-order valence-corrected chi connectivity index (χ0v) is 9.28. The highest BCUT2D eigenvalue weighted by Gasteiger charge is 2.05. The second-order valence-corrected chi connectivity index (χ2v) is 4.05. The van der Waals surface area contributed by atoms with Crippen LogP contribution < -0.4 is 0 Å². The van der Waals surface area contributed by atoms with Gasteiger partial charge in [0, 0.05) is 18.8 Å². The van der Waals surface area contributed by atoms with Crippen LogP contribution in [0.15, 0.2) is 29.0 Å². The number of aromatic nitrogens is 2. The van der Waals surface area contributed by atoms with Crippen molar-refractivity contribution in [3.8, 4) is 0 Å². The largest absolute Gasteiger partial charge is 0.306 e. The Bertz CT molecular complexity index is 490. The molecule has 0 aromatic carbocycles. The topological polar surface area (TPSA) is 34.4 Å². The maximum absolute atomic E-state index is 10.9. The fourth-order valence-electron chi connectivity index (χ4n) is 1.37. The van der Waals surface area contributed by atoms with Crippen LogP contribution in [0.4, 0.5) is 0 Å². The first-order valence-electron chi connectivity index (χ1n) is 4.28. The average Bonchev–Trinajstić information content (AvgIpc) is 2.47. The van der Waals surface area contributed by atoms with Gasteiger partial charge >= 0.3 is 0 Å². The predicted molar refractivity (Wildman–Crippen MR) is 57.3 cm³/mol. The van der Waals surface area contributed by atoms with Gasteiger partial charge in [0.1, 0.15) is 5.78 Å². The van der Waals surface area contributed by atoms with E-state index in [4.69, 9.17) is 0 Å². The zero-order chi connectivity index (χ0) is 10.1. The number of rotatable bonds is 2. The highest BCUT2D eigenvalue weighted by atomic mass is 79.9. The molecule has 0 N–H and O–H groups in total. The van der Waals surface area contributed by atoms with Gasteiger partial charge in [0.2, 0.25) is 0 Å². The summed E-state index contributed by atoms with van der Waals surface area (Å²) >= 11 is 3.41. The lowest BCUT2D eigenvalue weighted by Gasteiger charge is -1.92. The van der Waals surface area contributed by atoms with E-state index in [-0.39, 0.29) is 5.78 Å². The summed E-state index contributed by atoms with van der Waals surface area (Å²) in [5.74, 6) is 0.129. The Kier molecular flexibility index (Phi) is 2.37. The first-order valence-corrected chi connectivity index (χ1v) is 5.07. The minimum Gasteiger partial charge on any atom is -0.306 e. The van der Waals surface area contributed by atoms with E-state index in [0.717, 1.165) is 15.8 Å². The lowest BCUT2D eigenvalue weighted by molar-refractivity contribution is -0.116. The summed E-state index contributed by atoms with van der Waals surface area (Å²) in [5, 5.41) is 0. The van der Waals surface area contributed by atoms with Crippen molar-refractivity contribution in [3.05, 3.63) is 34.7 Å². The van der Waals surface area contributed by atoms with Gasteiger partial charge in [-0.2, -0.15) is 0 Å². The monoisotopic (exact) mass is 252 g/mol. The highest BCUT2D eigenvalue weighted by Crippen LogP contribution is 2.17. The van der Waals surface area contributed by atoms with Crippen molar-refractivity contribution in [3.63, 3.8) is 0 Å².